The number of fused-ring (bicyclic) bond motifs is 1. The normalized spacial score (nSPS) is 14.1. The molecule has 0 spiro atoms. The number of carbonyl (C=O) groups is 3. The minimum absolute atomic E-state index is 0.0462. The summed E-state index contributed by atoms with van der Waals surface area (Å²) in [4.78, 5) is 50.2. The number of hydrogen-bond acceptors (Lipinski definition) is 7. The van der Waals surface area contributed by atoms with Crippen molar-refractivity contribution >= 4 is 68.6 Å². The van der Waals surface area contributed by atoms with E-state index in [4.69, 9.17) is 16.3 Å². The second-order valence-corrected chi connectivity index (χ2v) is 10.1. The van der Waals surface area contributed by atoms with Crippen LogP contribution in [-0.4, -0.2) is 33.4 Å². The molecule has 40 heavy (non-hydrogen) atoms. The predicted octanol–water partition coefficient (Wildman–Crippen LogP) is 6.66. The van der Waals surface area contributed by atoms with Crippen molar-refractivity contribution in [1.29, 1.82) is 0 Å². The molecule has 0 atom stereocenters. The fourth-order valence-corrected chi connectivity index (χ4v) is 5.14. The molecular formula is C29H20ClN3O6S. The number of non-ortho nitro benzene ring substituents is 1. The number of nitrogens with one attached hydrogen (secondary N) is 1. The van der Waals surface area contributed by atoms with Crippen LogP contribution in [0.25, 0.3) is 16.8 Å². The maximum absolute atomic E-state index is 13.2. The Kier molecular flexibility index (Phi) is 7.81. The Morgan fingerprint density at radius 1 is 1.02 bits per heavy atom. The summed E-state index contributed by atoms with van der Waals surface area (Å²) in [6.45, 7) is -0.427. The minimum Gasteiger partial charge on any atom is -0.488 e. The fraction of sp³-hybridized carbons (Fsp3) is 0.0690. The molecule has 1 aliphatic rings. The Bertz CT molecular complexity index is 1710. The van der Waals surface area contributed by atoms with Gasteiger partial charge < -0.3 is 10.1 Å². The lowest BCUT2D eigenvalue weighted by atomic mass is 10.0. The van der Waals surface area contributed by atoms with Gasteiger partial charge in [0.05, 0.1) is 20.5 Å². The molecule has 0 radical (unpaired) electrons. The number of amides is 3. The van der Waals surface area contributed by atoms with Gasteiger partial charge in [-0.1, -0.05) is 66.2 Å². The van der Waals surface area contributed by atoms with Gasteiger partial charge in [0.1, 0.15) is 18.9 Å². The number of ether oxygens (including phenoxy) is 1. The highest BCUT2D eigenvalue weighted by Gasteiger charge is 2.36. The first kappa shape index (κ1) is 26.9. The average molecular weight is 574 g/mol. The molecule has 9 nitrogen and oxygen atoms in total. The van der Waals surface area contributed by atoms with Crippen LogP contribution < -0.4 is 10.1 Å². The molecule has 4 aromatic carbocycles. The number of rotatable bonds is 8. The molecule has 1 heterocycles. The second kappa shape index (κ2) is 11.6. The van der Waals surface area contributed by atoms with Gasteiger partial charge in [-0.3, -0.25) is 29.4 Å². The van der Waals surface area contributed by atoms with Gasteiger partial charge >= 0.3 is 0 Å². The number of hydrogen-bond donors (Lipinski definition) is 1. The molecule has 0 aliphatic carbocycles. The van der Waals surface area contributed by atoms with Crippen molar-refractivity contribution in [2.45, 2.75) is 6.61 Å². The monoisotopic (exact) mass is 573 g/mol. The van der Waals surface area contributed by atoms with Gasteiger partial charge in [-0.2, -0.15) is 0 Å². The Morgan fingerprint density at radius 2 is 1.80 bits per heavy atom. The highest BCUT2D eigenvalue weighted by Crippen LogP contribution is 2.37. The van der Waals surface area contributed by atoms with E-state index in [0.29, 0.717) is 27.6 Å². The largest absolute Gasteiger partial charge is 0.488 e. The first-order valence-electron chi connectivity index (χ1n) is 12.0. The molecule has 4 aromatic rings. The summed E-state index contributed by atoms with van der Waals surface area (Å²) < 4.78 is 6.04. The first-order valence-corrected chi connectivity index (χ1v) is 13.2. The smallest absolute Gasteiger partial charge is 0.294 e. The summed E-state index contributed by atoms with van der Waals surface area (Å²) in [5.74, 6) is -0.752. The van der Waals surface area contributed by atoms with E-state index in [9.17, 15) is 24.5 Å². The van der Waals surface area contributed by atoms with Crippen LogP contribution in [0.3, 0.4) is 0 Å². The first-order chi connectivity index (χ1) is 19.3. The number of carbonyl (C=O) groups excluding carboxylic acids is 3. The molecule has 11 heteroatoms. The molecule has 200 valence electrons. The van der Waals surface area contributed by atoms with E-state index in [-0.39, 0.29) is 17.2 Å². The summed E-state index contributed by atoms with van der Waals surface area (Å²) >= 11 is 6.81. The van der Waals surface area contributed by atoms with Crippen molar-refractivity contribution in [3.63, 3.8) is 0 Å². The van der Waals surface area contributed by atoms with Crippen molar-refractivity contribution in [2.24, 2.45) is 0 Å². The third-order valence-corrected chi connectivity index (χ3v) is 7.28. The van der Waals surface area contributed by atoms with E-state index in [2.05, 4.69) is 5.32 Å². The number of thioether (sulfide) groups is 1. The van der Waals surface area contributed by atoms with E-state index in [1.54, 1.807) is 48.5 Å². The van der Waals surface area contributed by atoms with Crippen LogP contribution in [0.1, 0.15) is 11.1 Å². The number of para-hydroxylation sites is 1. The second-order valence-electron chi connectivity index (χ2n) is 8.71. The highest BCUT2D eigenvalue weighted by molar-refractivity contribution is 8.18. The van der Waals surface area contributed by atoms with E-state index in [1.807, 2.05) is 30.3 Å². The maximum Gasteiger partial charge on any atom is 0.294 e. The van der Waals surface area contributed by atoms with Gasteiger partial charge in [-0.05, 0) is 52.4 Å². The molecular weight excluding hydrogens is 554 g/mol. The van der Waals surface area contributed by atoms with Crippen molar-refractivity contribution < 1.29 is 24.0 Å². The van der Waals surface area contributed by atoms with Crippen LogP contribution in [0.5, 0.6) is 5.75 Å². The molecule has 1 N–H and O–H groups in total. The van der Waals surface area contributed by atoms with Crippen LogP contribution in [0.2, 0.25) is 5.02 Å². The summed E-state index contributed by atoms with van der Waals surface area (Å²) in [5.41, 5.74) is 1.48. The molecule has 0 aromatic heterocycles. The molecule has 1 aliphatic heterocycles. The van der Waals surface area contributed by atoms with E-state index in [1.165, 1.54) is 12.1 Å². The van der Waals surface area contributed by atoms with Gasteiger partial charge in [-0.25, -0.2) is 0 Å². The SMILES string of the molecule is O=C(CN1C(=O)S/C(=C/c2c(OCc3cccc([N+](=O)[O-])c3)ccc3ccccc23)C1=O)Nc1ccccc1Cl. The summed E-state index contributed by atoms with van der Waals surface area (Å²) in [5, 5.41) is 15.2. The van der Waals surface area contributed by atoms with Crippen molar-refractivity contribution in [2.75, 3.05) is 11.9 Å². The standard InChI is InChI=1S/C29H20ClN3O6S/c30-23-10-3-4-11-24(23)31-27(34)16-32-28(35)26(40-29(32)36)15-22-21-9-2-1-7-19(21)12-13-25(22)39-17-18-6-5-8-20(14-18)33(37)38/h1-15H,16-17H2,(H,31,34)/b26-15+. The molecule has 1 saturated heterocycles. The van der Waals surface area contributed by atoms with Crippen LogP contribution in [0, 0.1) is 10.1 Å². The minimum atomic E-state index is -0.609. The number of anilines is 1. The van der Waals surface area contributed by atoms with Crippen LogP contribution in [0.15, 0.2) is 89.8 Å². The number of imide groups is 1. The Hall–Kier alpha value is -4.67. The molecule has 1 fully saturated rings. The third kappa shape index (κ3) is 5.83. The van der Waals surface area contributed by atoms with Gasteiger partial charge in [0.15, 0.2) is 0 Å². The zero-order valence-corrected chi connectivity index (χ0v) is 22.3. The topological polar surface area (TPSA) is 119 Å². The number of nitro groups is 1. The van der Waals surface area contributed by atoms with E-state index in [0.717, 1.165) is 27.4 Å². The quantitative estimate of drug-likeness (QED) is 0.142. The van der Waals surface area contributed by atoms with Crippen molar-refractivity contribution in [1.82, 2.24) is 4.90 Å². The summed E-state index contributed by atoms with van der Waals surface area (Å²) in [6.07, 6.45) is 1.57. The fourth-order valence-electron chi connectivity index (χ4n) is 4.13. The maximum atomic E-state index is 13.2. The zero-order valence-electron chi connectivity index (χ0n) is 20.7. The van der Waals surface area contributed by atoms with Crippen molar-refractivity contribution in [3.05, 3.63) is 116 Å². The number of benzene rings is 4. The van der Waals surface area contributed by atoms with Crippen LogP contribution in [-0.2, 0) is 16.2 Å². The summed E-state index contributed by atoms with van der Waals surface area (Å²) in [7, 11) is 0. The average Bonchev–Trinajstić information content (AvgIpc) is 3.21. The Balaban J connectivity index is 1.41. The van der Waals surface area contributed by atoms with Gasteiger partial charge in [0.2, 0.25) is 5.91 Å². The van der Waals surface area contributed by atoms with Gasteiger partial charge in [0, 0.05) is 17.7 Å². The van der Waals surface area contributed by atoms with E-state index >= 15 is 0 Å². The number of nitro benzene ring substituents is 1. The van der Waals surface area contributed by atoms with Gasteiger partial charge in [0.25, 0.3) is 16.8 Å². The van der Waals surface area contributed by atoms with Crippen LogP contribution >= 0.6 is 23.4 Å². The van der Waals surface area contributed by atoms with Crippen LogP contribution in [0.4, 0.5) is 16.2 Å². The Labute approximate surface area is 237 Å². The lowest BCUT2D eigenvalue weighted by molar-refractivity contribution is -0.384. The molecule has 5 rings (SSSR count). The van der Waals surface area contributed by atoms with E-state index < -0.39 is 28.5 Å². The lowest BCUT2D eigenvalue weighted by Crippen LogP contribution is -2.36. The number of halogens is 1. The predicted molar refractivity (Wildman–Crippen MR) is 154 cm³/mol. The van der Waals surface area contributed by atoms with Gasteiger partial charge in [-0.15, -0.1) is 0 Å². The molecule has 0 unspecified atom stereocenters. The third-order valence-electron chi connectivity index (χ3n) is 6.05. The van der Waals surface area contributed by atoms with Crippen molar-refractivity contribution in [3.8, 4) is 5.75 Å². The molecule has 0 saturated carbocycles. The zero-order chi connectivity index (χ0) is 28.2. The number of nitrogens with zero attached hydrogens (tertiary/aromatic N) is 2. The summed E-state index contributed by atoms with van der Waals surface area (Å²) in [6, 6.07) is 23.9. The molecule has 3 amide bonds. The molecule has 0 bridgehead atoms. The lowest BCUT2D eigenvalue weighted by Gasteiger charge is -2.14. The Morgan fingerprint density at radius 3 is 2.60 bits per heavy atom. The highest BCUT2D eigenvalue weighted by atomic mass is 35.5.